The number of hydrogen-bond donors (Lipinski definition) is 0. The number of thiazole rings is 1. The predicted octanol–water partition coefficient (Wildman–Crippen LogP) is 4.61. The minimum Gasteiger partial charge on any atom is -0.360 e. The molecule has 0 radical (unpaired) electrons. The van der Waals surface area contributed by atoms with Gasteiger partial charge >= 0.3 is 0 Å². The molecule has 0 aliphatic carbocycles. The van der Waals surface area contributed by atoms with E-state index in [9.17, 15) is 4.79 Å². The van der Waals surface area contributed by atoms with E-state index in [0.29, 0.717) is 12.5 Å². The van der Waals surface area contributed by atoms with Crippen molar-refractivity contribution in [3.05, 3.63) is 53.5 Å². The van der Waals surface area contributed by atoms with Gasteiger partial charge in [-0.25, -0.2) is 4.98 Å². The van der Waals surface area contributed by atoms with Crippen LogP contribution in [0.1, 0.15) is 23.8 Å². The summed E-state index contributed by atoms with van der Waals surface area (Å²) >= 11 is 3.69. The van der Waals surface area contributed by atoms with Crippen LogP contribution in [0.3, 0.4) is 0 Å². The fourth-order valence-electron chi connectivity index (χ4n) is 4.09. The molecule has 6 heteroatoms. The smallest absolute Gasteiger partial charge is 0.242 e. The predicted molar refractivity (Wildman–Crippen MR) is 118 cm³/mol. The van der Waals surface area contributed by atoms with E-state index in [1.165, 1.54) is 20.3 Å². The second-order valence-electron chi connectivity index (χ2n) is 7.41. The molecule has 3 aromatic rings. The Morgan fingerprint density at radius 2 is 1.82 bits per heavy atom. The number of nitrogens with zero attached hydrogens (tertiary/aromatic N) is 3. The molecular formula is C22H23N3OS2. The lowest BCUT2D eigenvalue weighted by atomic mass is 9.97. The summed E-state index contributed by atoms with van der Waals surface area (Å²) in [6.07, 6.45) is 2.02. The summed E-state index contributed by atoms with van der Waals surface area (Å²) in [5, 5.41) is 1.23. The molecule has 0 unspecified atom stereocenters. The molecule has 1 saturated heterocycles. The number of thioether (sulfide) groups is 1. The van der Waals surface area contributed by atoms with Gasteiger partial charge in [0, 0.05) is 36.2 Å². The highest BCUT2D eigenvalue weighted by atomic mass is 32.2. The van der Waals surface area contributed by atoms with Crippen molar-refractivity contribution in [3.63, 3.8) is 0 Å². The van der Waals surface area contributed by atoms with E-state index in [4.69, 9.17) is 4.98 Å². The third-order valence-corrected chi connectivity index (χ3v) is 7.90. The Hall–Kier alpha value is -2.05. The number of carbonyl (C=O) groups excluding carboxylic acids is 1. The van der Waals surface area contributed by atoms with E-state index < -0.39 is 0 Å². The molecule has 2 aliphatic rings. The van der Waals surface area contributed by atoms with Gasteiger partial charge in [0.2, 0.25) is 5.91 Å². The second-order valence-corrected chi connectivity index (χ2v) is 9.61. The van der Waals surface area contributed by atoms with Crippen LogP contribution in [-0.2, 0) is 4.79 Å². The summed E-state index contributed by atoms with van der Waals surface area (Å²) in [6, 6.07) is 16.8. The minimum atomic E-state index is 0.254. The minimum absolute atomic E-state index is 0.254. The maximum absolute atomic E-state index is 12.9. The number of hydrogen-bond acceptors (Lipinski definition) is 5. The molecule has 5 rings (SSSR count). The highest BCUT2D eigenvalue weighted by molar-refractivity contribution is 7.99. The number of likely N-dealkylation sites (tertiary alicyclic amines) is 1. The third kappa shape index (κ3) is 3.51. The fourth-order valence-corrected chi connectivity index (χ4v) is 6.28. The van der Waals surface area contributed by atoms with Crippen LogP contribution >= 0.6 is 23.1 Å². The van der Waals surface area contributed by atoms with Crippen LogP contribution in [0.5, 0.6) is 0 Å². The number of aromatic nitrogens is 1. The van der Waals surface area contributed by atoms with Crippen molar-refractivity contribution in [2.45, 2.75) is 23.7 Å². The molecule has 28 heavy (non-hydrogen) atoms. The van der Waals surface area contributed by atoms with Crippen LogP contribution in [0.2, 0.25) is 0 Å². The molecule has 0 saturated carbocycles. The highest BCUT2D eigenvalue weighted by Crippen LogP contribution is 2.35. The molecule has 1 fully saturated rings. The van der Waals surface area contributed by atoms with Gasteiger partial charge in [0.15, 0.2) is 0 Å². The standard InChI is InChI=1S/C22H23N3OS2/c26-21(15-25-13-14-27-20-8-4-2-6-18(20)25)24-11-9-16(10-12-24)22-23-17-5-1-3-7-19(17)28-22/h1-8,16H,9-15H2. The van der Waals surface area contributed by atoms with Gasteiger partial charge in [-0.2, -0.15) is 0 Å². The largest absolute Gasteiger partial charge is 0.360 e. The molecule has 144 valence electrons. The van der Waals surface area contributed by atoms with E-state index in [1.807, 2.05) is 34.1 Å². The maximum Gasteiger partial charge on any atom is 0.242 e. The van der Waals surface area contributed by atoms with Crippen molar-refractivity contribution < 1.29 is 4.79 Å². The molecule has 0 spiro atoms. The molecule has 4 nitrogen and oxygen atoms in total. The summed E-state index contributed by atoms with van der Waals surface area (Å²) in [4.78, 5) is 23.3. The average molecular weight is 410 g/mol. The lowest BCUT2D eigenvalue weighted by Crippen LogP contribution is -2.45. The summed E-state index contributed by atoms with van der Waals surface area (Å²) in [6.45, 7) is 3.10. The molecule has 0 atom stereocenters. The van der Waals surface area contributed by atoms with Crippen LogP contribution in [0, 0.1) is 0 Å². The van der Waals surface area contributed by atoms with Gasteiger partial charge in [-0.05, 0) is 37.1 Å². The van der Waals surface area contributed by atoms with E-state index in [2.05, 4.69) is 47.4 Å². The van der Waals surface area contributed by atoms with Gasteiger partial charge in [0.05, 0.1) is 27.5 Å². The average Bonchev–Trinajstić information content (AvgIpc) is 3.18. The Morgan fingerprint density at radius 3 is 2.68 bits per heavy atom. The van der Waals surface area contributed by atoms with Gasteiger partial charge in [0.25, 0.3) is 0 Å². The summed E-state index contributed by atoms with van der Waals surface area (Å²) in [5.74, 6) is 1.78. The zero-order chi connectivity index (χ0) is 18.9. The van der Waals surface area contributed by atoms with Crippen LogP contribution in [0.4, 0.5) is 5.69 Å². The quantitative estimate of drug-likeness (QED) is 0.633. The number of anilines is 1. The van der Waals surface area contributed by atoms with Crippen molar-refractivity contribution >= 4 is 44.9 Å². The lowest BCUT2D eigenvalue weighted by molar-refractivity contribution is -0.130. The Morgan fingerprint density at radius 1 is 1.04 bits per heavy atom. The summed E-state index contributed by atoms with van der Waals surface area (Å²) < 4.78 is 1.26. The zero-order valence-corrected chi connectivity index (χ0v) is 17.3. The van der Waals surface area contributed by atoms with Crippen molar-refractivity contribution in [2.75, 3.05) is 36.8 Å². The third-order valence-electron chi connectivity index (χ3n) is 5.66. The normalized spacial score (nSPS) is 17.7. The van der Waals surface area contributed by atoms with Crippen molar-refractivity contribution in [3.8, 4) is 0 Å². The van der Waals surface area contributed by atoms with Crippen LogP contribution < -0.4 is 4.90 Å². The van der Waals surface area contributed by atoms with Crippen LogP contribution in [0.15, 0.2) is 53.4 Å². The van der Waals surface area contributed by atoms with Gasteiger partial charge in [-0.15, -0.1) is 23.1 Å². The van der Waals surface area contributed by atoms with Crippen molar-refractivity contribution in [1.29, 1.82) is 0 Å². The molecule has 1 aromatic heterocycles. The molecule has 2 aromatic carbocycles. The number of amides is 1. The maximum atomic E-state index is 12.9. The molecule has 0 bridgehead atoms. The Balaban J connectivity index is 1.22. The van der Waals surface area contributed by atoms with Gasteiger partial charge < -0.3 is 9.80 Å². The number of benzene rings is 2. The summed E-state index contributed by atoms with van der Waals surface area (Å²) in [5.41, 5.74) is 2.30. The molecule has 3 heterocycles. The number of carbonyl (C=O) groups is 1. The first-order chi connectivity index (χ1) is 13.8. The molecule has 1 amide bonds. The van der Waals surface area contributed by atoms with Gasteiger partial charge in [-0.3, -0.25) is 4.79 Å². The molecule has 2 aliphatic heterocycles. The number of rotatable bonds is 3. The van der Waals surface area contributed by atoms with Crippen molar-refractivity contribution in [2.24, 2.45) is 0 Å². The first kappa shape index (κ1) is 18.0. The molecular weight excluding hydrogens is 386 g/mol. The summed E-state index contributed by atoms with van der Waals surface area (Å²) in [7, 11) is 0. The number of para-hydroxylation sites is 2. The Kier molecular flexibility index (Phi) is 4.99. The van der Waals surface area contributed by atoms with Gasteiger partial charge in [-0.1, -0.05) is 24.3 Å². The van der Waals surface area contributed by atoms with Crippen LogP contribution in [-0.4, -0.2) is 47.7 Å². The Labute approximate surface area is 173 Å². The second kappa shape index (κ2) is 7.76. The molecule has 0 N–H and O–H groups in total. The number of fused-ring (bicyclic) bond motifs is 2. The Bertz CT molecular complexity index is 961. The van der Waals surface area contributed by atoms with Gasteiger partial charge in [0.1, 0.15) is 0 Å². The number of piperidine rings is 1. The van der Waals surface area contributed by atoms with Crippen molar-refractivity contribution in [1.82, 2.24) is 9.88 Å². The van der Waals surface area contributed by atoms with E-state index >= 15 is 0 Å². The lowest BCUT2D eigenvalue weighted by Gasteiger charge is -2.35. The van der Waals surface area contributed by atoms with E-state index in [0.717, 1.165) is 43.7 Å². The van der Waals surface area contributed by atoms with Crippen LogP contribution in [0.25, 0.3) is 10.2 Å². The highest BCUT2D eigenvalue weighted by Gasteiger charge is 2.28. The first-order valence-corrected chi connectivity index (χ1v) is 11.7. The fraction of sp³-hybridized carbons (Fsp3) is 0.364. The first-order valence-electron chi connectivity index (χ1n) is 9.88. The van der Waals surface area contributed by atoms with E-state index in [1.54, 1.807) is 0 Å². The SMILES string of the molecule is O=C(CN1CCSc2ccccc21)N1CCC(c2nc3ccccc3s2)CC1. The van der Waals surface area contributed by atoms with E-state index in [-0.39, 0.29) is 5.91 Å². The topological polar surface area (TPSA) is 36.4 Å². The zero-order valence-electron chi connectivity index (χ0n) is 15.7. The monoisotopic (exact) mass is 409 g/mol.